The molecule has 1 aromatic carbocycles. The van der Waals surface area contributed by atoms with Gasteiger partial charge in [0.05, 0.1) is 5.92 Å². The SMILES string of the molecule is Nc1ccc2c(c1)C(C(=O)O)C2. The van der Waals surface area contributed by atoms with E-state index in [1.165, 1.54) is 0 Å². The molecule has 1 unspecified atom stereocenters. The van der Waals surface area contributed by atoms with Gasteiger partial charge in [-0.25, -0.2) is 0 Å². The van der Waals surface area contributed by atoms with Crippen LogP contribution < -0.4 is 5.73 Å². The summed E-state index contributed by atoms with van der Waals surface area (Å²) in [5.41, 5.74) is 8.15. The van der Waals surface area contributed by atoms with E-state index in [4.69, 9.17) is 10.8 Å². The third kappa shape index (κ3) is 0.863. The molecule has 0 spiro atoms. The quantitative estimate of drug-likeness (QED) is 0.607. The molecule has 0 bridgehead atoms. The van der Waals surface area contributed by atoms with Crippen LogP contribution in [0.25, 0.3) is 0 Å². The van der Waals surface area contributed by atoms with Crippen LogP contribution in [0, 0.1) is 0 Å². The second kappa shape index (κ2) is 2.24. The van der Waals surface area contributed by atoms with Gasteiger partial charge in [-0.2, -0.15) is 0 Å². The van der Waals surface area contributed by atoms with Crippen molar-refractivity contribution in [2.24, 2.45) is 0 Å². The highest BCUT2D eigenvalue weighted by atomic mass is 16.4. The van der Waals surface area contributed by atoms with E-state index in [0.717, 1.165) is 11.1 Å². The molecule has 12 heavy (non-hydrogen) atoms. The van der Waals surface area contributed by atoms with E-state index in [9.17, 15) is 4.79 Å². The highest BCUT2D eigenvalue weighted by Crippen LogP contribution is 2.36. The molecule has 0 saturated heterocycles. The number of fused-ring (bicyclic) bond motifs is 1. The minimum atomic E-state index is -0.756. The Kier molecular flexibility index (Phi) is 1.33. The highest BCUT2D eigenvalue weighted by Gasteiger charge is 2.31. The average Bonchev–Trinajstić information content (AvgIpc) is 1.95. The molecule has 0 saturated carbocycles. The highest BCUT2D eigenvalue weighted by molar-refractivity contribution is 5.80. The van der Waals surface area contributed by atoms with Crippen LogP contribution in [0.1, 0.15) is 17.0 Å². The van der Waals surface area contributed by atoms with Gasteiger partial charge >= 0.3 is 5.97 Å². The summed E-state index contributed by atoms with van der Waals surface area (Å²) in [6.45, 7) is 0. The molecule has 1 aliphatic carbocycles. The molecular weight excluding hydrogens is 154 g/mol. The standard InChI is InChI=1S/C9H9NO2/c10-6-2-1-5-3-8(9(11)12)7(5)4-6/h1-2,4,8H,3,10H2,(H,11,12). The maximum atomic E-state index is 10.6. The van der Waals surface area contributed by atoms with Gasteiger partial charge < -0.3 is 10.8 Å². The van der Waals surface area contributed by atoms with Crippen LogP contribution in [0.2, 0.25) is 0 Å². The predicted octanol–water partition coefficient (Wildman–Crippen LogP) is 0.993. The molecule has 3 heteroatoms. The van der Waals surface area contributed by atoms with Crippen molar-refractivity contribution in [2.75, 3.05) is 5.73 Å². The number of carbonyl (C=O) groups is 1. The van der Waals surface area contributed by atoms with E-state index < -0.39 is 5.97 Å². The first-order valence-electron chi connectivity index (χ1n) is 3.79. The summed E-state index contributed by atoms with van der Waals surface area (Å²) < 4.78 is 0. The monoisotopic (exact) mass is 163 g/mol. The number of aliphatic carboxylic acids is 1. The second-order valence-electron chi connectivity index (χ2n) is 3.05. The summed E-state index contributed by atoms with van der Waals surface area (Å²) in [6.07, 6.45) is 0.644. The van der Waals surface area contributed by atoms with Crippen molar-refractivity contribution in [3.63, 3.8) is 0 Å². The van der Waals surface area contributed by atoms with Gasteiger partial charge in [0.15, 0.2) is 0 Å². The summed E-state index contributed by atoms with van der Waals surface area (Å²) in [5, 5.41) is 8.73. The fourth-order valence-corrected chi connectivity index (χ4v) is 1.54. The number of hydrogen-bond acceptors (Lipinski definition) is 2. The molecule has 0 fully saturated rings. The lowest BCUT2D eigenvalue weighted by atomic mass is 9.77. The molecule has 2 rings (SSSR count). The first-order chi connectivity index (χ1) is 5.68. The minimum absolute atomic E-state index is 0.330. The Hall–Kier alpha value is -1.51. The Bertz CT molecular complexity index is 346. The van der Waals surface area contributed by atoms with Crippen molar-refractivity contribution >= 4 is 11.7 Å². The minimum Gasteiger partial charge on any atom is -0.481 e. The van der Waals surface area contributed by atoms with Crippen LogP contribution in [0.15, 0.2) is 18.2 Å². The largest absolute Gasteiger partial charge is 0.481 e. The number of carboxylic acids is 1. The van der Waals surface area contributed by atoms with Crippen LogP contribution in [-0.4, -0.2) is 11.1 Å². The molecule has 1 aromatic rings. The van der Waals surface area contributed by atoms with Gasteiger partial charge in [-0.3, -0.25) is 4.79 Å². The van der Waals surface area contributed by atoms with Crippen molar-refractivity contribution in [2.45, 2.75) is 12.3 Å². The zero-order chi connectivity index (χ0) is 8.72. The second-order valence-corrected chi connectivity index (χ2v) is 3.05. The van der Waals surface area contributed by atoms with Gasteiger partial charge in [-0.1, -0.05) is 6.07 Å². The summed E-state index contributed by atoms with van der Waals surface area (Å²) in [4.78, 5) is 10.6. The van der Waals surface area contributed by atoms with Gasteiger partial charge in [0.25, 0.3) is 0 Å². The Balaban J connectivity index is 2.39. The first-order valence-corrected chi connectivity index (χ1v) is 3.79. The van der Waals surface area contributed by atoms with E-state index in [1.807, 2.05) is 6.07 Å². The zero-order valence-corrected chi connectivity index (χ0v) is 6.45. The Morgan fingerprint density at radius 3 is 3.00 bits per heavy atom. The van der Waals surface area contributed by atoms with Gasteiger partial charge in [0.1, 0.15) is 0 Å². The molecule has 1 atom stereocenters. The molecule has 3 nitrogen and oxygen atoms in total. The summed E-state index contributed by atoms with van der Waals surface area (Å²) in [6, 6.07) is 5.44. The topological polar surface area (TPSA) is 63.3 Å². The molecule has 0 aliphatic heterocycles. The lowest BCUT2D eigenvalue weighted by Gasteiger charge is -2.26. The lowest BCUT2D eigenvalue weighted by Crippen LogP contribution is -2.24. The van der Waals surface area contributed by atoms with Crippen LogP contribution in [0.4, 0.5) is 5.69 Å². The Labute approximate surface area is 69.8 Å². The molecule has 0 amide bonds. The number of carboxylic acid groups (broad SMARTS) is 1. The summed E-state index contributed by atoms with van der Waals surface area (Å²) in [7, 11) is 0. The normalized spacial score (nSPS) is 19.5. The van der Waals surface area contributed by atoms with Crippen LogP contribution in [0.3, 0.4) is 0 Å². The van der Waals surface area contributed by atoms with Crippen molar-refractivity contribution in [1.82, 2.24) is 0 Å². The summed E-state index contributed by atoms with van der Waals surface area (Å²) in [5.74, 6) is -1.09. The molecule has 1 aliphatic rings. The van der Waals surface area contributed by atoms with Gasteiger partial charge in [0.2, 0.25) is 0 Å². The number of nitrogen functional groups attached to an aromatic ring is 1. The Morgan fingerprint density at radius 2 is 2.33 bits per heavy atom. The zero-order valence-electron chi connectivity index (χ0n) is 6.45. The van der Waals surface area contributed by atoms with Crippen molar-refractivity contribution in [3.8, 4) is 0 Å². The van der Waals surface area contributed by atoms with Crippen molar-refractivity contribution in [3.05, 3.63) is 29.3 Å². The Morgan fingerprint density at radius 1 is 1.58 bits per heavy atom. The smallest absolute Gasteiger partial charge is 0.311 e. The van der Waals surface area contributed by atoms with Crippen molar-refractivity contribution < 1.29 is 9.90 Å². The van der Waals surface area contributed by atoms with E-state index in [-0.39, 0.29) is 5.92 Å². The number of benzene rings is 1. The van der Waals surface area contributed by atoms with Crippen LogP contribution >= 0.6 is 0 Å². The number of anilines is 1. The van der Waals surface area contributed by atoms with Gasteiger partial charge in [0, 0.05) is 5.69 Å². The fraction of sp³-hybridized carbons (Fsp3) is 0.222. The first kappa shape index (κ1) is 7.16. The average molecular weight is 163 g/mol. The number of nitrogens with two attached hydrogens (primary N) is 1. The number of hydrogen-bond donors (Lipinski definition) is 2. The van der Waals surface area contributed by atoms with E-state index >= 15 is 0 Å². The summed E-state index contributed by atoms with van der Waals surface area (Å²) >= 11 is 0. The molecule has 0 heterocycles. The maximum Gasteiger partial charge on any atom is 0.311 e. The van der Waals surface area contributed by atoms with Crippen LogP contribution in [-0.2, 0) is 11.2 Å². The molecular formula is C9H9NO2. The third-order valence-electron chi connectivity index (χ3n) is 2.27. The van der Waals surface area contributed by atoms with Crippen LogP contribution in [0.5, 0.6) is 0 Å². The van der Waals surface area contributed by atoms with E-state index in [2.05, 4.69) is 0 Å². The van der Waals surface area contributed by atoms with E-state index in [0.29, 0.717) is 12.1 Å². The molecule has 0 aromatic heterocycles. The molecule has 3 N–H and O–H groups in total. The molecule has 0 radical (unpaired) electrons. The number of rotatable bonds is 1. The van der Waals surface area contributed by atoms with E-state index in [1.54, 1.807) is 12.1 Å². The fourth-order valence-electron chi connectivity index (χ4n) is 1.54. The molecule has 62 valence electrons. The van der Waals surface area contributed by atoms with Crippen molar-refractivity contribution in [1.29, 1.82) is 0 Å². The third-order valence-corrected chi connectivity index (χ3v) is 2.27. The van der Waals surface area contributed by atoms with Gasteiger partial charge in [-0.05, 0) is 29.7 Å². The van der Waals surface area contributed by atoms with Gasteiger partial charge in [-0.15, -0.1) is 0 Å². The lowest BCUT2D eigenvalue weighted by molar-refractivity contribution is -0.139. The predicted molar refractivity (Wildman–Crippen MR) is 44.9 cm³/mol. The maximum absolute atomic E-state index is 10.6.